The van der Waals surface area contributed by atoms with Gasteiger partial charge >= 0.3 is 5.97 Å². The molecule has 0 spiro atoms. The Hall–Kier alpha value is -0.570. The van der Waals surface area contributed by atoms with E-state index in [0.29, 0.717) is 0 Å². The van der Waals surface area contributed by atoms with Crippen LogP contribution in [0.4, 0.5) is 0 Å². The van der Waals surface area contributed by atoms with Crippen molar-refractivity contribution in [1.29, 1.82) is 0 Å². The summed E-state index contributed by atoms with van der Waals surface area (Å²) in [5.41, 5.74) is 0. The van der Waals surface area contributed by atoms with Crippen LogP contribution in [-0.4, -0.2) is 22.3 Å². The van der Waals surface area contributed by atoms with E-state index in [9.17, 15) is 9.90 Å². The van der Waals surface area contributed by atoms with E-state index < -0.39 is 12.1 Å². The molecule has 2 N–H and O–H groups in total. The van der Waals surface area contributed by atoms with E-state index in [1.165, 1.54) is 32.1 Å². The van der Waals surface area contributed by atoms with Crippen molar-refractivity contribution in [2.45, 2.75) is 77.7 Å². The summed E-state index contributed by atoms with van der Waals surface area (Å²) in [6.45, 7) is 4.01. The fraction of sp³-hybridized carbons (Fsp3) is 0.929. The highest BCUT2D eigenvalue weighted by Crippen LogP contribution is 2.16. The smallest absolute Gasteiger partial charge is 0.303 e. The van der Waals surface area contributed by atoms with Crippen molar-refractivity contribution in [3.05, 3.63) is 0 Å². The van der Waals surface area contributed by atoms with Gasteiger partial charge < -0.3 is 10.2 Å². The van der Waals surface area contributed by atoms with Crippen molar-refractivity contribution in [2.24, 2.45) is 5.92 Å². The summed E-state index contributed by atoms with van der Waals surface area (Å²) in [6.07, 6.45) is 8.94. The molecule has 0 bridgehead atoms. The molecule has 0 aliphatic heterocycles. The number of aliphatic carboxylic acids is 1. The molecular weight excluding hydrogens is 216 g/mol. The molecule has 0 heterocycles. The minimum atomic E-state index is -0.823. The van der Waals surface area contributed by atoms with Crippen molar-refractivity contribution >= 4 is 5.97 Å². The van der Waals surface area contributed by atoms with Crippen molar-refractivity contribution < 1.29 is 15.0 Å². The first kappa shape index (κ1) is 16.4. The van der Waals surface area contributed by atoms with Crippen LogP contribution in [0.2, 0.25) is 0 Å². The zero-order valence-electron chi connectivity index (χ0n) is 11.3. The molecule has 3 heteroatoms. The highest BCUT2D eigenvalue weighted by atomic mass is 16.4. The summed E-state index contributed by atoms with van der Waals surface area (Å²) in [6, 6.07) is 0. The average molecular weight is 244 g/mol. The molecule has 0 aromatic rings. The molecule has 0 fully saturated rings. The largest absolute Gasteiger partial charge is 0.481 e. The molecule has 0 aliphatic rings. The van der Waals surface area contributed by atoms with Crippen LogP contribution in [0.25, 0.3) is 0 Å². The van der Waals surface area contributed by atoms with Gasteiger partial charge in [0, 0.05) is 0 Å². The first-order chi connectivity index (χ1) is 8.07. The zero-order chi connectivity index (χ0) is 13.1. The second-order valence-electron chi connectivity index (χ2n) is 5.05. The molecule has 0 radical (unpaired) electrons. The maximum atomic E-state index is 10.5. The standard InChI is InChI=1S/C14H28O3/c1-3-4-5-6-7-8-9-10-13(15)12(2)11-14(16)17/h12-13,15H,3-11H2,1-2H3,(H,16,17). The van der Waals surface area contributed by atoms with Gasteiger partial charge in [0.15, 0.2) is 0 Å². The Labute approximate surface area is 105 Å². The fourth-order valence-electron chi connectivity index (χ4n) is 2.01. The van der Waals surface area contributed by atoms with Crippen molar-refractivity contribution in [1.82, 2.24) is 0 Å². The van der Waals surface area contributed by atoms with E-state index >= 15 is 0 Å². The van der Waals surface area contributed by atoms with Crippen LogP contribution < -0.4 is 0 Å². The number of rotatable bonds is 11. The monoisotopic (exact) mass is 244 g/mol. The van der Waals surface area contributed by atoms with E-state index in [0.717, 1.165) is 19.3 Å². The number of hydrogen-bond acceptors (Lipinski definition) is 2. The topological polar surface area (TPSA) is 57.5 Å². The van der Waals surface area contributed by atoms with E-state index in [1.807, 2.05) is 0 Å². The Morgan fingerprint density at radius 1 is 1.06 bits per heavy atom. The second kappa shape index (κ2) is 10.6. The van der Waals surface area contributed by atoms with E-state index in [4.69, 9.17) is 5.11 Å². The summed E-state index contributed by atoms with van der Waals surface area (Å²) >= 11 is 0. The van der Waals surface area contributed by atoms with Crippen LogP contribution in [-0.2, 0) is 4.79 Å². The average Bonchev–Trinajstić information content (AvgIpc) is 2.26. The van der Waals surface area contributed by atoms with Crippen molar-refractivity contribution in [2.75, 3.05) is 0 Å². The third-order valence-electron chi connectivity index (χ3n) is 3.26. The Morgan fingerprint density at radius 3 is 2.12 bits per heavy atom. The van der Waals surface area contributed by atoms with Crippen molar-refractivity contribution in [3.63, 3.8) is 0 Å². The molecule has 102 valence electrons. The van der Waals surface area contributed by atoms with Crippen LogP contribution >= 0.6 is 0 Å². The summed E-state index contributed by atoms with van der Waals surface area (Å²) in [4.78, 5) is 10.5. The number of aliphatic hydroxyl groups is 1. The minimum absolute atomic E-state index is 0.0671. The summed E-state index contributed by atoms with van der Waals surface area (Å²) < 4.78 is 0. The molecule has 17 heavy (non-hydrogen) atoms. The van der Waals surface area contributed by atoms with Gasteiger partial charge in [-0.15, -0.1) is 0 Å². The lowest BCUT2D eigenvalue weighted by molar-refractivity contribution is -0.139. The third kappa shape index (κ3) is 10.3. The Balaban J connectivity index is 3.38. The number of unbranched alkanes of at least 4 members (excludes halogenated alkanes) is 6. The van der Waals surface area contributed by atoms with Crippen LogP contribution in [0.15, 0.2) is 0 Å². The van der Waals surface area contributed by atoms with Gasteiger partial charge in [0.2, 0.25) is 0 Å². The number of aliphatic hydroxyl groups excluding tert-OH is 1. The number of hydrogen-bond donors (Lipinski definition) is 2. The van der Waals surface area contributed by atoms with Gasteiger partial charge in [-0.1, -0.05) is 58.8 Å². The van der Waals surface area contributed by atoms with Gasteiger partial charge in [-0.2, -0.15) is 0 Å². The molecule has 0 aromatic carbocycles. The van der Waals surface area contributed by atoms with Gasteiger partial charge in [-0.3, -0.25) is 4.79 Å². The Bertz CT molecular complexity index is 192. The van der Waals surface area contributed by atoms with E-state index in [2.05, 4.69) is 6.92 Å². The first-order valence-electron chi connectivity index (χ1n) is 6.97. The Kier molecular flexibility index (Phi) is 10.2. The lowest BCUT2D eigenvalue weighted by atomic mass is 9.96. The molecule has 0 rings (SSSR count). The molecule has 2 unspecified atom stereocenters. The highest BCUT2D eigenvalue weighted by molar-refractivity contribution is 5.67. The minimum Gasteiger partial charge on any atom is -0.481 e. The summed E-state index contributed by atoms with van der Waals surface area (Å²) in [5.74, 6) is -0.955. The molecule has 2 atom stereocenters. The highest BCUT2D eigenvalue weighted by Gasteiger charge is 2.16. The van der Waals surface area contributed by atoms with Crippen LogP contribution in [0.1, 0.15) is 71.6 Å². The maximum Gasteiger partial charge on any atom is 0.303 e. The second-order valence-corrected chi connectivity index (χ2v) is 5.05. The van der Waals surface area contributed by atoms with E-state index in [1.54, 1.807) is 6.92 Å². The molecule has 0 aliphatic carbocycles. The normalized spacial score (nSPS) is 14.5. The molecule has 0 aromatic heterocycles. The SMILES string of the molecule is CCCCCCCCCC(O)C(C)CC(=O)O. The number of carboxylic acid groups (broad SMARTS) is 1. The molecule has 0 amide bonds. The lowest BCUT2D eigenvalue weighted by Crippen LogP contribution is -2.20. The predicted octanol–water partition coefficient (Wildman–Crippen LogP) is 3.60. The van der Waals surface area contributed by atoms with Gasteiger partial charge in [0.1, 0.15) is 0 Å². The predicted molar refractivity (Wildman–Crippen MR) is 70.0 cm³/mol. The molecule has 0 saturated heterocycles. The van der Waals surface area contributed by atoms with Gasteiger partial charge in [-0.05, 0) is 12.3 Å². The van der Waals surface area contributed by atoms with Gasteiger partial charge in [0.25, 0.3) is 0 Å². The third-order valence-corrected chi connectivity index (χ3v) is 3.26. The van der Waals surface area contributed by atoms with Crippen LogP contribution in [0.5, 0.6) is 0 Å². The maximum absolute atomic E-state index is 10.5. The number of carboxylic acids is 1. The molecule has 0 saturated carbocycles. The van der Waals surface area contributed by atoms with Gasteiger partial charge in [0.05, 0.1) is 12.5 Å². The van der Waals surface area contributed by atoms with Crippen molar-refractivity contribution in [3.8, 4) is 0 Å². The molecular formula is C14H28O3. The van der Waals surface area contributed by atoms with Crippen LogP contribution in [0, 0.1) is 5.92 Å². The van der Waals surface area contributed by atoms with Crippen LogP contribution in [0.3, 0.4) is 0 Å². The summed E-state index contributed by atoms with van der Waals surface area (Å²) in [7, 11) is 0. The van der Waals surface area contributed by atoms with Gasteiger partial charge in [-0.25, -0.2) is 0 Å². The summed E-state index contributed by atoms with van der Waals surface area (Å²) in [5, 5.41) is 18.4. The first-order valence-corrected chi connectivity index (χ1v) is 6.97. The quantitative estimate of drug-likeness (QED) is 0.546. The Morgan fingerprint density at radius 2 is 1.59 bits per heavy atom. The fourth-order valence-corrected chi connectivity index (χ4v) is 2.01. The van der Waals surface area contributed by atoms with E-state index in [-0.39, 0.29) is 12.3 Å². The zero-order valence-corrected chi connectivity index (χ0v) is 11.3. The molecule has 3 nitrogen and oxygen atoms in total. The number of carbonyl (C=O) groups is 1. The lowest BCUT2D eigenvalue weighted by Gasteiger charge is -2.16.